The SMILES string of the molecule is CCC(=O)N(Cc1ccc(OC)cc1)[C@H](Cc1ccccc1)C(=O)NCCN1CCOCC1. The van der Waals surface area contributed by atoms with Gasteiger partial charge in [0.2, 0.25) is 11.8 Å². The number of nitrogens with zero attached hydrogens (tertiary/aromatic N) is 2. The van der Waals surface area contributed by atoms with E-state index in [-0.39, 0.29) is 11.8 Å². The van der Waals surface area contributed by atoms with Crippen molar-refractivity contribution in [1.82, 2.24) is 15.1 Å². The first-order chi connectivity index (χ1) is 16.1. The van der Waals surface area contributed by atoms with Crippen molar-refractivity contribution in [2.24, 2.45) is 0 Å². The Kier molecular flexibility index (Phi) is 9.72. The lowest BCUT2D eigenvalue weighted by molar-refractivity contribution is -0.141. The van der Waals surface area contributed by atoms with Crippen LogP contribution in [0.4, 0.5) is 0 Å². The van der Waals surface area contributed by atoms with Crippen molar-refractivity contribution in [3.05, 3.63) is 65.7 Å². The second kappa shape index (κ2) is 13.0. The highest BCUT2D eigenvalue weighted by Gasteiger charge is 2.29. The van der Waals surface area contributed by atoms with E-state index < -0.39 is 6.04 Å². The molecular weight excluding hydrogens is 418 g/mol. The maximum Gasteiger partial charge on any atom is 0.243 e. The third-order valence-electron chi connectivity index (χ3n) is 5.92. The number of amides is 2. The van der Waals surface area contributed by atoms with E-state index in [4.69, 9.17) is 9.47 Å². The summed E-state index contributed by atoms with van der Waals surface area (Å²) < 4.78 is 10.6. The predicted octanol–water partition coefficient (Wildman–Crippen LogP) is 2.49. The number of carbonyl (C=O) groups excluding carboxylic acids is 2. The molecule has 1 aliphatic heterocycles. The van der Waals surface area contributed by atoms with Gasteiger partial charge in [0.15, 0.2) is 0 Å². The van der Waals surface area contributed by atoms with E-state index in [1.54, 1.807) is 12.0 Å². The number of benzene rings is 2. The fourth-order valence-electron chi connectivity index (χ4n) is 3.96. The van der Waals surface area contributed by atoms with Gasteiger partial charge >= 0.3 is 0 Å². The lowest BCUT2D eigenvalue weighted by Gasteiger charge is -2.32. The summed E-state index contributed by atoms with van der Waals surface area (Å²) in [6.07, 6.45) is 0.800. The highest BCUT2D eigenvalue weighted by atomic mass is 16.5. The molecule has 1 fully saturated rings. The number of nitrogens with one attached hydrogen (secondary N) is 1. The zero-order valence-corrected chi connectivity index (χ0v) is 19.7. The van der Waals surface area contributed by atoms with Crippen LogP contribution in [-0.4, -0.2) is 74.2 Å². The van der Waals surface area contributed by atoms with Gasteiger partial charge in [-0.25, -0.2) is 0 Å². The molecule has 2 aromatic carbocycles. The molecule has 2 amide bonds. The maximum absolute atomic E-state index is 13.4. The van der Waals surface area contributed by atoms with Gasteiger partial charge < -0.3 is 19.7 Å². The molecule has 1 aliphatic rings. The Hall–Kier alpha value is -2.90. The standard InChI is InChI=1S/C26H35N3O4/c1-3-25(30)29(20-22-9-11-23(32-2)12-10-22)24(19-21-7-5-4-6-8-21)26(31)27-13-14-28-15-17-33-18-16-28/h4-12,24H,3,13-20H2,1-2H3,(H,27,31)/t24-/m1/s1. The second-order valence-electron chi connectivity index (χ2n) is 8.17. The third kappa shape index (κ3) is 7.58. The van der Waals surface area contributed by atoms with Gasteiger partial charge in [-0.1, -0.05) is 49.4 Å². The van der Waals surface area contributed by atoms with Crippen LogP contribution in [0.15, 0.2) is 54.6 Å². The van der Waals surface area contributed by atoms with E-state index in [1.165, 1.54) is 0 Å². The monoisotopic (exact) mass is 453 g/mol. The number of hydrogen-bond acceptors (Lipinski definition) is 5. The Bertz CT molecular complexity index is 867. The van der Waals surface area contributed by atoms with Crippen LogP contribution in [0.3, 0.4) is 0 Å². The van der Waals surface area contributed by atoms with Gasteiger partial charge in [-0.3, -0.25) is 14.5 Å². The number of ether oxygens (including phenoxy) is 2. The summed E-state index contributed by atoms with van der Waals surface area (Å²) in [5.41, 5.74) is 1.98. The molecular formula is C26H35N3O4. The van der Waals surface area contributed by atoms with Crippen LogP contribution in [0, 0.1) is 0 Å². The molecule has 0 radical (unpaired) electrons. The molecule has 1 atom stereocenters. The predicted molar refractivity (Wildman–Crippen MR) is 128 cm³/mol. The molecule has 1 N–H and O–H groups in total. The van der Waals surface area contributed by atoms with Gasteiger partial charge in [0, 0.05) is 45.6 Å². The fraction of sp³-hybridized carbons (Fsp3) is 0.462. The first-order valence-corrected chi connectivity index (χ1v) is 11.6. The number of hydrogen-bond donors (Lipinski definition) is 1. The molecule has 7 heteroatoms. The van der Waals surface area contributed by atoms with Crippen LogP contribution in [0.25, 0.3) is 0 Å². The zero-order valence-electron chi connectivity index (χ0n) is 19.7. The minimum Gasteiger partial charge on any atom is -0.497 e. The van der Waals surface area contributed by atoms with Crippen molar-refractivity contribution >= 4 is 11.8 Å². The molecule has 1 saturated heterocycles. The third-order valence-corrected chi connectivity index (χ3v) is 5.92. The molecule has 0 unspecified atom stereocenters. The molecule has 0 bridgehead atoms. The largest absolute Gasteiger partial charge is 0.497 e. The number of rotatable bonds is 11. The molecule has 2 aromatic rings. The lowest BCUT2D eigenvalue weighted by Crippen LogP contribution is -2.51. The molecule has 7 nitrogen and oxygen atoms in total. The average Bonchev–Trinajstić information content (AvgIpc) is 2.87. The molecule has 3 rings (SSSR count). The quantitative estimate of drug-likeness (QED) is 0.566. The Balaban J connectivity index is 1.75. The van der Waals surface area contributed by atoms with Crippen LogP contribution >= 0.6 is 0 Å². The Morgan fingerprint density at radius 2 is 1.76 bits per heavy atom. The van der Waals surface area contributed by atoms with E-state index in [2.05, 4.69) is 10.2 Å². The van der Waals surface area contributed by atoms with E-state index in [0.29, 0.717) is 25.9 Å². The van der Waals surface area contributed by atoms with Gasteiger partial charge in [0.25, 0.3) is 0 Å². The van der Waals surface area contributed by atoms with Gasteiger partial charge in [0.05, 0.1) is 20.3 Å². The van der Waals surface area contributed by atoms with Gasteiger partial charge in [-0.2, -0.15) is 0 Å². The van der Waals surface area contributed by atoms with Crippen LogP contribution in [0.2, 0.25) is 0 Å². The first-order valence-electron chi connectivity index (χ1n) is 11.6. The number of carbonyl (C=O) groups is 2. The summed E-state index contributed by atoms with van der Waals surface area (Å²) in [5.74, 6) is 0.589. The summed E-state index contributed by atoms with van der Waals surface area (Å²) in [5, 5.41) is 3.08. The van der Waals surface area contributed by atoms with Crippen LogP contribution < -0.4 is 10.1 Å². The Morgan fingerprint density at radius 1 is 1.06 bits per heavy atom. The van der Waals surface area contributed by atoms with Crippen LogP contribution in [0.1, 0.15) is 24.5 Å². The van der Waals surface area contributed by atoms with Crippen molar-refractivity contribution in [2.75, 3.05) is 46.5 Å². The summed E-state index contributed by atoms with van der Waals surface area (Å²) in [7, 11) is 1.62. The molecule has 33 heavy (non-hydrogen) atoms. The molecule has 178 valence electrons. The normalized spacial score (nSPS) is 15.0. The molecule has 0 saturated carbocycles. The Morgan fingerprint density at radius 3 is 2.39 bits per heavy atom. The summed E-state index contributed by atoms with van der Waals surface area (Å²) in [4.78, 5) is 30.4. The van der Waals surface area contributed by atoms with Gasteiger partial charge in [-0.05, 0) is 23.3 Å². The van der Waals surface area contributed by atoms with Crippen molar-refractivity contribution in [3.8, 4) is 5.75 Å². The second-order valence-corrected chi connectivity index (χ2v) is 8.17. The van der Waals surface area contributed by atoms with Crippen molar-refractivity contribution < 1.29 is 19.1 Å². The fourth-order valence-corrected chi connectivity index (χ4v) is 3.96. The van der Waals surface area contributed by atoms with E-state index in [1.807, 2.05) is 61.5 Å². The number of morpholine rings is 1. The summed E-state index contributed by atoms with van der Waals surface area (Å²) in [6, 6.07) is 16.9. The molecule has 0 aliphatic carbocycles. The van der Waals surface area contributed by atoms with Crippen molar-refractivity contribution in [3.63, 3.8) is 0 Å². The topological polar surface area (TPSA) is 71.1 Å². The highest BCUT2D eigenvalue weighted by Crippen LogP contribution is 2.18. The summed E-state index contributed by atoms with van der Waals surface area (Å²) in [6.45, 7) is 6.72. The van der Waals surface area contributed by atoms with Crippen molar-refractivity contribution in [2.45, 2.75) is 32.4 Å². The van der Waals surface area contributed by atoms with E-state index in [0.717, 1.165) is 49.7 Å². The van der Waals surface area contributed by atoms with Gasteiger partial charge in [-0.15, -0.1) is 0 Å². The van der Waals surface area contributed by atoms with Gasteiger partial charge in [0.1, 0.15) is 11.8 Å². The molecule has 1 heterocycles. The highest BCUT2D eigenvalue weighted by molar-refractivity contribution is 5.87. The zero-order chi connectivity index (χ0) is 23.5. The van der Waals surface area contributed by atoms with E-state index >= 15 is 0 Å². The van der Waals surface area contributed by atoms with Crippen LogP contribution in [0.5, 0.6) is 5.75 Å². The first kappa shape index (κ1) is 24.7. The molecule has 0 spiro atoms. The summed E-state index contributed by atoms with van der Waals surface area (Å²) >= 11 is 0. The lowest BCUT2D eigenvalue weighted by atomic mass is 10.0. The maximum atomic E-state index is 13.4. The minimum atomic E-state index is -0.591. The Labute approximate surface area is 196 Å². The van der Waals surface area contributed by atoms with E-state index in [9.17, 15) is 9.59 Å². The number of methoxy groups -OCH3 is 1. The van der Waals surface area contributed by atoms with Crippen molar-refractivity contribution in [1.29, 1.82) is 0 Å². The average molecular weight is 454 g/mol. The molecule has 0 aromatic heterocycles. The minimum absolute atomic E-state index is 0.0462. The smallest absolute Gasteiger partial charge is 0.243 e. The van der Waals surface area contributed by atoms with Crippen LogP contribution in [-0.2, 0) is 27.3 Å².